The topological polar surface area (TPSA) is 92.9 Å². The van der Waals surface area contributed by atoms with E-state index >= 15 is 0 Å². The number of carbonyl (C=O) groups is 1. The van der Waals surface area contributed by atoms with E-state index in [0.29, 0.717) is 17.9 Å². The molecule has 0 saturated carbocycles. The van der Waals surface area contributed by atoms with Gasteiger partial charge in [-0.2, -0.15) is 0 Å². The maximum absolute atomic E-state index is 10.1. The normalized spacial score (nSPS) is 9.08. The quantitative estimate of drug-likeness (QED) is 0.536. The SMILES string of the molecule is CNc1ncnc(N)c1NC=O. The van der Waals surface area contributed by atoms with E-state index in [9.17, 15) is 4.79 Å². The molecule has 1 heterocycles. The zero-order chi connectivity index (χ0) is 8.97. The maximum atomic E-state index is 10.1. The Balaban J connectivity index is 3.10. The summed E-state index contributed by atoms with van der Waals surface area (Å²) in [7, 11) is 1.68. The lowest BCUT2D eigenvalue weighted by Crippen LogP contribution is -2.06. The summed E-state index contributed by atoms with van der Waals surface area (Å²) in [5, 5.41) is 5.17. The van der Waals surface area contributed by atoms with Crippen molar-refractivity contribution in [2.75, 3.05) is 23.4 Å². The second kappa shape index (κ2) is 3.51. The van der Waals surface area contributed by atoms with Crippen molar-refractivity contribution in [1.29, 1.82) is 0 Å². The summed E-state index contributed by atoms with van der Waals surface area (Å²) in [4.78, 5) is 17.7. The Morgan fingerprint density at radius 1 is 1.58 bits per heavy atom. The summed E-state index contributed by atoms with van der Waals surface area (Å²) in [6.07, 6.45) is 1.84. The van der Waals surface area contributed by atoms with Crippen LogP contribution in [0.25, 0.3) is 0 Å². The van der Waals surface area contributed by atoms with Gasteiger partial charge in [0.1, 0.15) is 12.0 Å². The van der Waals surface area contributed by atoms with Crippen molar-refractivity contribution in [3.8, 4) is 0 Å². The van der Waals surface area contributed by atoms with Gasteiger partial charge < -0.3 is 16.4 Å². The molecule has 64 valence electrons. The van der Waals surface area contributed by atoms with Crippen molar-refractivity contribution in [3.63, 3.8) is 0 Å². The molecular weight excluding hydrogens is 158 g/mol. The van der Waals surface area contributed by atoms with Crippen LogP contribution in [0.1, 0.15) is 0 Å². The highest BCUT2D eigenvalue weighted by Crippen LogP contribution is 2.21. The largest absolute Gasteiger partial charge is 0.382 e. The molecule has 6 heteroatoms. The molecule has 0 bridgehead atoms. The molecular formula is C6H9N5O. The number of nitrogens with two attached hydrogens (primary N) is 1. The molecule has 1 rings (SSSR count). The van der Waals surface area contributed by atoms with Gasteiger partial charge in [0, 0.05) is 7.05 Å². The van der Waals surface area contributed by atoms with E-state index in [4.69, 9.17) is 5.73 Å². The van der Waals surface area contributed by atoms with Crippen molar-refractivity contribution in [2.45, 2.75) is 0 Å². The fraction of sp³-hybridized carbons (Fsp3) is 0.167. The van der Waals surface area contributed by atoms with E-state index in [2.05, 4.69) is 20.6 Å². The van der Waals surface area contributed by atoms with Crippen LogP contribution < -0.4 is 16.4 Å². The van der Waals surface area contributed by atoms with E-state index in [1.807, 2.05) is 0 Å². The Morgan fingerprint density at radius 2 is 2.33 bits per heavy atom. The van der Waals surface area contributed by atoms with Crippen molar-refractivity contribution < 1.29 is 4.79 Å². The minimum absolute atomic E-state index is 0.237. The predicted octanol–water partition coefficient (Wildman–Crippen LogP) is -0.331. The third-order valence-electron chi connectivity index (χ3n) is 1.32. The number of nitrogens with one attached hydrogen (secondary N) is 2. The molecule has 0 fully saturated rings. The van der Waals surface area contributed by atoms with Gasteiger partial charge in [-0.3, -0.25) is 4.79 Å². The minimum atomic E-state index is 0.237. The lowest BCUT2D eigenvalue weighted by molar-refractivity contribution is -0.105. The third kappa shape index (κ3) is 1.42. The van der Waals surface area contributed by atoms with Crippen LogP contribution in [-0.4, -0.2) is 23.4 Å². The number of hydrogen-bond donors (Lipinski definition) is 3. The number of nitrogen functional groups attached to an aromatic ring is 1. The highest BCUT2D eigenvalue weighted by Gasteiger charge is 2.05. The Kier molecular flexibility index (Phi) is 2.42. The van der Waals surface area contributed by atoms with E-state index in [1.54, 1.807) is 7.05 Å². The van der Waals surface area contributed by atoms with Crippen molar-refractivity contribution in [2.24, 2.45) is 0 Å². The molecule has 0 spiro atoms. The monoisotopic (exact) mass is 167 g/mol. The summed E-state index contributed by atoms with van der Waals surface area (Å²) in [5.41, 5.74) is 5.87. The molecule has 1 amide bonds. The van der Waals surface area contributed by atoms with Gasteiger partial charge in [0.25, 0.3) is 0 Å². The van der Waals surface area contributed by atoms with Gasteiger partial charge in [-0.25, -0.2) is 9.97 Å². The first kappa shape index (κ1) is 8.25. The summed E-state index contributed by atoms with van der Waals surface area (Å²) in [6.45, 7) is 0. The fourth-order valence-corrected chi connectivity index (χ4v) is 0.790. The summed E-state index contributed by atoms with van der Waals surface area (Å²) >= 11 is 0. The molecule has 0 radical (unpaired) electrons. The number of amides is 1. The lowest BCUT2D eigenvalue weighted by atomic mass is 10.4. The predicted molar refractivity (Wildman–Crippen MR) is 45.7 cm³/mol. The summed E-state index contributed by atoms with van der Waals surface area (Å²) < 4.78 is 0. The zero-order valence-corrected chi connectivity index (χ0v) is 6.53. The molecule has 0 aliphatic rings. The van der Waals surface area contributed by atoms with Gasteiger partial charge >= 0.3 is 0 Å². The van der Waals surface area contributed by atoms with Gasteiger partial charge in [-0.05, 0) is 0 Å². The number of rotatable bonds is 3. The highest BCUT2D eigenvalue weighted by atomic mass is 16.1. The maximum Gasteiger partial charge on any atom is 0.211 e. The Bertz CT molecular complexity index is 287. The second-order valence-electron chi connectivity index (χ2n) is 1.99. The van der Waals surface area contributed by atoms with Crippen molar-refractivity contribution >= 4 is 23.7 Å². The van der Waals surface area contributed by atoms with Crippen LogP contribution in [0.3, 0.4) is 0 Å². The molecule has 0 atom stereocenters. The summed E-state index contributed by atoms with van der Waals surface area (Å²) in [5.74, 6) is 0.732. The van der Waals surface area contributed by atoms with Crippen LogP contribution in [0.15, 0.2) is 6.33 Å². The zero-order valence-electron chi connectivity index (χ0n) is 6.53. The van der Waals surface area contributed by atoms with Crippen LogP contribution in [0, 0.1) is 0 Å². The van der Waals surface area contributed by atoms with E-state index in [0.717, 1.165) is 0 Å². The first-order chi connectivity index (χ1) is 5.79. The van der Waals surface area contributed by atoms with Crippen molar-refractivity contribution in [3.05, 3.63) is 6.33 Å². The van der Waals surface area contributed by atoms with E-state index < -0.39 is 0 Å². The molecule has 0 aliphatic carbocycles. The number of aromatic nitrogens is 2. The van der Waals surface area contributed by atoms with Gasteiger partial charge in [-0.1, -0.05) is 0 Å². The van der Waals surface area contributed by atoms with E-state index in [1.165, 1.54) is 6.33 Å². The average Bonchev–Trinajstić information content (AvgIpc) is 2.09. The van der Waals surface area contributed by atoms with Gasteiger partial charge in [-0.15, -0.1) is 0 Å². The van der Waals surface area contributed by atoms with Crippen LogP contribution in [-0.2, 0) is 4.79 Å². The first-order valence-corrected chi connectivity index (χ1v) is 3.28. The molecule has 12 heavy (non-hydrogen) atoms. The average molecular weight is 167 g/mol. The van der Waals surface area contributed by atoms with Crippen LogP contribution >= 0.6 is 0 Å². The van der Waals surface area contributed by atoms with Gasteiger partial charge in [0.05, 0.1) is 0 Å². The summed E-state index contributed by atoms with van der Waals surface area (Å²) in [6, 6.07) is 0. The first-order valence-electron chi connectivity index (χ1n) is 3.28. The van der Waals surface area contributed by atoms with Crippen LogP contribution in [0.2, 0.25) is 0 Å². The lowest BCUT2D eigenvalue weighted by Gasteiger charge is -2.06. The number of anilines is 3. The molecule has 1 aromatic heterocycles. The molecule has 0 unspecified atom stereocenters. The smallest absolute Gasteiger partial charge is 0.211 e. The Morgan fingerprint density at radius 3 is 2.92 bits per heavy atom. The Labute approximate surface area is 69.2 Å². The molecule has 1 aromatic rings. The molecule has 6 nitrogen and oxygen atoms in total. The molecule has 0 aromatic carbocycles. The third-order valence-corrected chi connectivity index (χ3v) is 1.32. The fourth-order valence-electron chi connectivity index (χ4n) is 0.790. The van der Waals surface area contributed by atoms with Gasteiger partial charge in [0.2, 0.25) is 6.41 Å². The standard InChI is InChI=1S/C6H9N5O/c1-8-6-4(11-3-12)5(7)9-2-10-6/h2-3H,1H3,(H,11,12)(H3,7,8,9,10). The van der Waals surface area contributed by atoms with Crippen LogP contribution in [0.5, 0.6) is 0 Å². The Hall–Kier alpha value is -1.85. The highest BCUT2D eigenvalue weighted by molar-refractivity contribution is 5.85. The van der Waals surface area contributed by atoms with Crippen molar-refractivity contribution in [1.82, 2.24) is 9.97 Å². The van der Waals surface area contributed by atoms with E-state index in [-0.39, 0.29) is 5.82 Å². The minimum Gasteiger partial charge on any atom is -0.382 e. The number of nitrogens with zero attached hydrogens (tertiary/aromatic N) is 2. The van der Waals surface area contributed by atoms with Gasteiger partial charge in [0.15, 0.2) is 11.6 Å². The second-order valence-corrected chi connectivity index (χ2v) is 1.99. The number of hydrogen-bond acceptors (Lipinski definition) is 5. The van der Waals surface area contributed by atoms with Crippen LogP contribution in [0.4, 0.5) is 17.3 Å². The number of carbonyl (C=O) groups excluding carboxylic acids is 1. The molecule has 4 N–H and O–H groups in total. The molecule has 0 saturated heterocycles. The molecule has 0 aliphatic heterocycles.